The molecule has 2 nitrogen and oxygen atoms in total. The fourth-order valence-electron chi connectivity index (χ4n) is 1.32. The number of hydrogen-bond acceptors (Lipinski definition) is 2. The van der Waals surface area contributed by atoms with E-state index in [2.05, 4.69) is 11.9 Å². The summed E-state index contributed by atoms with van der Waals surface area (Å²) in [5.74, 6) is 0. The van der Waals surface area contributed by atoms with Crippen molar-refractivity contribution < 1.29 is 4.74 Å². The molecule has 1 unspecified atom stereocenters. The summed E-state index contributed by atoms with van der Waals surface area (Å²) in [6.07, 6.45) is 1.51. The minimum atomic E-state index is 0.152. The second kappa shape index (κ2) is 2.97. The van der Waals surface area contributed by atoms with Crippen LogP contribution in [0.25, 0.3) is 0 Å². The normalized spacial score (nSPS) is 20.9. The van der Waals surface area contributed by atoms with Gasteiger partial charge in [0, 0.05) is 0 Å². The monoisotopic (exact) mass is 160 g/mol. The minimum absolute atomic E-state index is 0.152. The van der Waals surface area contributed by atoms with Gasteiger partial charge in [-0.05, 0) is 18.1 Å². The van der Waals surface area contributed by atoms with Crippen LogP contribution in [0, 0.1) is 6.92 Å². The van der Waals surface area contributed by atoms with Crippen LogP contribution in [-0.4, -0.2) is 13.0 Å². The van der Waals surface area contributed by atoms with Crippen LogP contribution >= 0.6 is 0 Å². The van der Waals surface area contributed by atoms with Crippen molar-refractivity contribution in [1.29, 1.82) is 0 Å². The van der Waals surface area contributed by atoms with Gasteiger partial charge in [0.1, 0.15) is 12.6 Å². The molecule has 0 fully saturated rings. The number of nitrogens with zero attached hydrogens (tertiary/aromatic N) is 1. The third-order valence-electron chi connectivity index (χ3n) is 1.98. The van der Waals surface area contributed by atoms with E-state index in [-0.39, 0.29) is 6.04 Å². The van der Waals surface area contributed by atoms with E-state index in [4.69, 9.17) is 4.74 Å². The Morgan fingerprint density at radius 2 is 2.25 bits per heavy atom. The summed E-state index contributed by atoms with van der Waals surface area (Å²) < 4.78 is 5.05. The Hall–Kier alpha value is -1.31. The molecule has 0 N–H and O–H groups in total. The van der Waals surface area contributed by atoms with Crippen molar-refractivity contribution in [2.45, 2.75) is 6.04 Å². The topological polar surface area (TPSA) is 21.6 Å². The van der Waals surface area contributed by atoms with Crippen molar-refractivity contribution >= 4 is 6.40 Å². The molecule has 0 saturated heterocycles. The zero-order valence-electron chi connectivity index (χ0n) is 6.73. The Labute approximate surface area is 71.9 Å². The van der Waals surface area contributed by atoms with Crippen LogP contribution in [0.4, 0.5) is 0 Å². The maximum absolute atomic E-state index is 5.05. The van der Waals surface area contributed by atoms with Crippen LogP contribution in [-0.2, 0) is 4.74 Å². The first-order valence-electron chi connectivity index (χ1n) is 3.92. The van der Waals surface area contributed by atoms with Crippen molar-refractivity contribution in [2.75, 3.05) is 6.61 Å². The average molecular weight is 160 g/mol. The van der Waals surface area contributed by atoms with Crippen molar-refractivity contribution in [3.63, 3.8) is 0 Å². The first-order chi connectivity index (χ1) is 5.88. The summed E-state index contributed by atoms with van der Waals surface area (Å²) in [6.45, 7) is 4.58. The molecule has 0 saturated carbocycles. The van der Waals surface area contributed by atoms with E-state index in [1.165, 1.54) is 6.40 Å². The molecule has 1 aliphatic rings. The predicted molar refractivity (Wildman–Crippen MR) is 48.1 cm³/mol. The van der Waals surface area contributed by atoms with Gasteiger partial charge >= 0.3 is 0 Å². The molecule has 0 amide bonds. The number of rotatable bonds is 1. The highest BCUT2D eigenvalue weighted by atomic mass is 16.5. The third kappa shape index (κ3) is 1.20. The molecule has 0 aliphatic carbocycles. The second-order valence-corrected chi connectivity index (χ2v) is 2.80. The molecule has 0 spiro atoms. The number of benzene rings is 1. The van der Waals surface area contributed by atoms with E-state index in [1.54, 1.807) is 0 Å². The molecule has 1 atom stereocenters. The summed E-state index contributed by atoms with van der Waals surface area (Å²) >= 11 is 0. The Balaban J connectivity index is 2.33. The van der Waals surface area contributed by atoms with Gasteiger partial charge < -0.3 is 4.74 Å². The van der Waals surface area contributed by atoms with Gasteiger partial charge in [0.15, 0.2) is 6.40 Å². The SMILES string of the molecule is [CH2]c1ccccc1C1COC=N1. The van der Waals surface area contributed by atoms with Gasteiger partial charge in [-0.1, -0.05) is 24.3 Å². The molecular weight excluding hydrogens is 150 g/mol. The third-order valence-corrected chi connectivity index (χ3v) is 1.98. The molecule has 0 aromatic heterocycles. The van der Waals surface area contributed by atoms with Gasteiger partial charge in [0.05, 0.1) is 0 Å². The summed E-state index contributed by atoms with van der Waals surface area (Å²) in [5, 5.41) is 0. The molecule has 1 aromatic carbocycles. The molecular formula is C10H10NO. The largest absolute Gasteiger partial charge is 0.481 e. The first kappa shape index (κ1) is 7.35. The van der Waals surface area contributed by atoms with Gasteiger partial charge in [-0.25, -0.2) is 4.99 Å². The zero-order valence-corrected chi connectivity index (χ0v) is 6.73. The molecule has 2 heteroatoms. The highest BCUT2D eigenvalue weighted by molar-refractivity contribution is 5.51. The molecule has 1 aliphatic heterocycles. The molecule has 0 bridgehead atoms. The van der Waals surface area contributed by atoms with Gasteiger partial charge in [-0.3, -0.25) is 0 Å². The fraction of sp³-hybridized carbons (Fsp3) is 0.200. The number of hydrogen-bond donors (Lipinski definition) is 0. The predicted octanol–water partition coefficient (Wildman–Crippen LogP) is 1.97. The van der Waals surface area contributed by atoms with Gasteiger partial charge in [0.25, 0.3) is 0 Å². The van der Waals surface area contributed by atoms with E-state index in [0.717, 1.165) is 11.1 Å². The maximum Gasteiger partial charge on any atom is 0.170 e. The quantitative estimate of drug-likeness (QED) is 0.615. The lowest BCUT2D eigenvalue weighted by molar-refractivity contribution is 0.330. The maximum atomic E-state index is 5.05. The van der Waals surface area contributed by atoms with E-state index >= 15 is 0 Å². The van der Waals surface area contributed by atoms with Crippen LogP contribution in [0.15, 0.2) is 29.3 Å². The van der Waals surface area contributed by atoms with Crippen molar-refractivity contribution in [3.05, 3.63) is 42.3 Å². The molecule has 61 valence electrons. The molecule has 12 heavy (non-hydrogen) atoms. The summed E-state index contributed by atoms with van der Waals surface area (Å²) in [4.78, 5) is 4.18. The number of ether oxygens (including phenoxy) is 1. The first-order valence-corrected chi connectivity index (χ1v) is 3.92. The smallest absolute Gasteiger partial charge is 0.170 e. The molecule has 1 radical (unpaired) electrons. The lowest BCUT2D eigenvalue weighted by Gasteiger charge is -2.08. The Morgan fingerprint density at radius 3 is 2.92 bits per heavy atom. The summed E-state index contributed by atoms with van der Waals surface area (Å²) in [5.41, 5.74) is 2.19. The average Bonchev–Trinajstić information content (AvgIpc) is 2.57. The Morgan fingerprint density at radius 1 is 1.42 bits per heavy atom. The van der Waals surface area contributed by atoms with Gasteiger partial charge in [0.2, 0.25) is 0 Å². The molecule has 2 rings (SSSR count). The van der Waals surface area contributed by atoms with Crippen LogP contribution in [0.1, 0.15) is 17.2 Å². The summed E-state index contributed by atoms with van der Waals surface area (Å²) in [6, 6.07) is 8.16. The Kier molecular flexibility index (Phi) is 1.82. The minimum Gasteiger partial charge on any atom is -0.481 e. The lowest BCUT2D eigenvalue weighted by atomic mass is 10.0. The van der Waals surface area contributed by atoms with E-state index in [0.29, 0.717) is 6.61 Å². The lowest BCUT2D eigenvalue weighted by Crippen LogP contribution is -1.99. The highest BCUT2D eigenvalue weighted by Gasteiger charge is 2.15. The summed E-state index contributed by atoms with van der Waals surface area (Å²) in [7, 11) is 0. The fourth-order valence-corrected chi connectivity index (χ4v) is 1.32. The highest BCUT2D eigenvalue weighted by Crippen LogP contribution is 2.23. The van der Waals surface area contributed by atoms with Crippen LogP contribution in [0.3, 0.4) is 0 Å². The molecule has 1 aromatic rings. The van der Waals surface area contributed by atoms with Gasteiger partial charge in [-0.15, -0.1) is 0 Å². The molecule has 1 heterocycles. The van der Waals surface area contributed by atoms with Crippen molar-refractivity contribution in [1.82, 2.24) is 0 Å². The van der Waals surface area contributed by atoms with Crippen LogP contribution < -0.4 is 0 Å². The van der Waals surface area contributed by atoms with Crippen molar-refractivity contribution in [2.24, 2.45) is 4.99 Å². The van der Waals surface area contributed by atoms with Gasteiger partial charge in [-0.2, -0.15) is 0 Å². The van der Waals surface area contributed by atoms with E-state index in [9.17, 15) is 0 Å². The van der Waals surface area contributed by atoms with E-state index in [1.807, 2.05) is 24.3 Å². The number of aliphatic imine (C=N–C) groups is 1. The Bertz CT molecular complexity index is 306. The zero-order chi connectivity index (χ0) is 8.39. The van der Waals surface area contributed by atoms with E-state index < -0.39 is 0 Å². The standard InChI is InChI=1S/C10H10NO/c1-8-4-2-3-5-9(8)10-6-12-7-11-10/h2-5,7,10H,1,6H2. The van der Waals surface area contributed by atoms with Crippen molar-refractivity contribution in [3.8, 4) is 0 Å². The van der Waals surface area contributed by atoms with Crippen LogP contribution in [0.5, 0.6) is 0 Å². The second-order valence-electron chi connectivity index (χ2n) is 2.80. The van der Waals surface area contributed by atoms with Crippen LogP contribution in [0.2, 0.25) is 0 Å².